The van der Waals surface area contributed by atoms with Gasteiger partial charge in [-0.25, -0.2) is 0 Å². The molecule has 0 bridgehead atoms. The molecule has 0 radical (unpaired) electrons. The van der Waals surface area contributed by atoms with Gasteiger partial charge in [-0.15, -0.1) is 12.4 Å². The number of hydrogen-bond acceptors (Lipinski definition) is 3. The second-order valence-electron chi connectivity index (χ2n) is 3.83. The number of piperidine rings is 1. The van der Waals surface area contributed by atoms with Crippen molar-refractivity contribution in [2.24, 2.45) is 5.92 Å². The summed E-state index contributed by atoms with van der Waals surface area (Å²) in [7, 11) is 0. The van der Waals surface area contributed by atoms with Gasteiger partial charge in [-0.2, -0.15) is 11.8 Å². The molecule has 1 fully saturated rings. The lowest BCUT2D eigenvalue weighted by atomic mass is 9.99. The first-order chi connectivity index (χ1) is 6.74. The summed E-state index contributed by atoms with van der Waals surface area (Å²) in [4.78, 5) is 11.7. The van der Waals surface area contributed by atoms with E-state index < -0.39 is 0 Å². The average molecular weight is 253 g/mol. The van der Waals surface area contributed by atoms with Crippen LogP contribution in [0.15, 0.2) is 0 Å². The topological polar surface area (TPSA) is 41.1 Å². The van der Waals surface area contributed by atoms with E-state index in [9.17, 15) is 4.79 Å². The predicted molar refractivity (Wildman–Crippen MR) is 68.8 cm³/mol. The second kappa shape index (κ2) is 8.25. The highest BCUT2D eigenvalue weighted by Gasteiger charge is 2.20. The first-order valence-electron chi connectivity index (χ1n) is 5.25. The zero-order valence-corrected chi connectivity index (χ0v) is 11.0. The Morgan fingerprint density at radius 1 is 1.67 bits per heavy atom. The number of nitrogens with one attached hydrogen (secondary N) is 2. The van der Waals surface area contributed by atoms with E-state index in [1.54, 1.807) is 11.8 Å². The van der Waals surface area contributed by atoms with Gasteiger partial charge < -0.3 is 10.6 Å². The van der Waals surface area contributed by atoms with Gasteiger partial charge in [-0.1, -0.05) is 6.92 Å². The Balaban J connectivity index is 0.00000196. The lowest BCUT2D eigenvalue weighted by molar-refractivity contribution is -0.125. The highest BCUT2D eigenvalue weighted by Crippen LogP contribution is 2.10. The summed E-state index contributed by atoms with van der Waals surface area (Å²) < 4.78 is 0. The average Bonchev–Trinajstić information content (AvgIpc) is 2.26. The van der Waals surface area contributed by atoms with E-state index in [0.29, 0.717) is 5.25 Å². The molecule has 1 aliphatic rings. The Labute approximate surface area is 103 Å². The fourth-order valence-electron chi connectivity index (χ4n) is 1.55. The zero-order valence-electron chi connectivity index (χ0n) is 9.41. The molecule has 1 amide bonds. The van der Waals surface area contributed by atoms with E-state index >= 15 is 0 Å². The summed E-state index contributed by atoms with van der Waals surface area (Å²) >= 11 is 1.78. The zero-order chi connectivity index (χ0) is 10.4. The number of rotatable bonds is 4. The molecule has 0 aliphatic carbocycles. The van der Waals surface area contributed by atoms with Crippen molar-refractivity contribution < 1.29 is 4.79 Å². The molecule has 90 valence electrons. The van der Waals surface area contributed by atoms with Crippen LogP contribution in [0.5, 0.6) is 0 Å². The highest BCUT2D eigenvalue weighted by atomic mass is 35.5. The van der Waals surface area contributed by atoms with Crippen molar-refractivity contribution in [2.75, 3.05) is 25.9 Å². The number of carbonyl (C=O) groups is 1. The normalized spacial score (nSPS) is 22.7. The lowest BCUT2D eigenvalue weighted by Gasteiger charge is -2.22. The smallest absolute Gasteiger partial charge is 0.224 e. The van der Waals surface area contributed by atoms with Gasteiger partial charge in [0, 0.05) is 18.3 Å². The first kappa shape index (κ1) is 15.1. The van der Waals surface area contributed by atoms with E-state index in [0.717, 1.165) is 32.5 Å². The summed E-state index contributed by atoms with van der Waals surface area (Å²) in [6.45, 7) is 4.82. The maximum atomic E-state index is 11.7. The molecular formula is C10H21ClN2OS. The quantitative estimate of drug-likeness (QED) is 0.792. The van der Waals surface area contributed by atoms with Crippen molar-refractivity contribution >= 4 is 30.1 Å². The van der Waals surface area contributed by atoms with Crippen LogP contribution in [0, 0.1) is 5.92 Å². The van der Waals surface area contributed by atoms with Crippen molar-refractivity contribution in [1.82, 2.24) is 10.6 Å². The van der Waals surface area contributed by atoms with Crippen molar-refractivity contribution in [3.63, 3.8) is 0 Å². The standard InChI is InChI=1S/C10H20N2OS.ClH/c1-8(14-2)6-12-10(13)9-4-3-5-11-7-9;/h8-9,11H,3-7H2,1-2H3,(H,12,13);1H. The van der Waals surface area contributed by atoms with Crippen molar-refractivity contribution in [3.8, 4) is 0 Å². The molecule has 0 aromatic carbocycles. The van der Waals surface area contributed by atoms with E-state index in [4.69, 9.17) is 0 Å². The third-order valence-corrected chi connectivity index (χ3v) is 3.61. The van der Waals surface area contributed by atoms with Crippen LogP contribution >= 0.6 is 24.2 Å². The molecule has 1 aliphatic heterocycles. The van der Waals surface area contributed by atoms with Crippen LogP contribution in [0.4, 0.5) is 0 Å². The fraction of sp³-hybridized carbons (Fsp3) is 0.900. The fourth-order valence-corrected chi connectivity index (χ4v) is 1.80. The van der Waals surface area contributed by atoms with Gasteiger partial charge in [0.25, 0.3) is 0 Å². The minimum Gasteiger partial charge on any atom is -0.355 e. The van der Waals surface area contributed by atoms with E-state index in [2.05, 4.69) is 23.8 Å². The van der Waals surface area contributed by atoms with Crippen LogP contribution in [0.2, 0.25) is 0 Å². The summed E-state index contributed by atoms with van der Waals surface area (Å²) in [5.74, 6) is 0.413. The maximum absolute atomic E-state index is 11.7. The third-order valence-electron chi connectivity index (χ3n) is 2.63. The van der Waals surface area contributed by atoms with Crippen LogP contribution in [-0.2, 0) is 4.79 Å². The van der Waals surface area contributed by atoms with E-state index in [-0.39, 0.29) is 24.2 Å². The first-order valence-corrected chi connectivity index (χ1v) is 6.54. The summed E-state index contributed by atoms with van der Waals surface area (Å²) in [6.07, 6.45) is 4.22. The Kier molecular flexibility index (Phi) is 8.29. The molecule has 2 unspecified atom stereocenters. The van der Waals surface area contributed by atoms with E-state index in [1.807, 2.05) is 0 Å². The molecule has 1 heterocycles. The largest absolute Gasteiger partial charge is 0.355 e. The number of amides is 1. The minimum absolute atomic E-state index is 0. The van der Waals surface area contributed by atoms with Gasteiger partial charge in [-0.3, -0.25) is 4.79 Å². The van der Waals surface area contributed by atoms with Crippen molar-refractivity contribution in [3.05, 3.63) is 0 Å². The Morgan fingerprint density at radius 2 is 2.40 bits per heavy atom. The molecular weight excluding hydrogens is 232 g/mol. The molecule has 0 aromatic heterocycles. The molecule has 5 heteroatoms. The molecule has 3 nitrogen and oxygen atoms in total. The summed E-state index contributed by atoms with van der Waals surface area (Å²) in [6, 6.07) is 0. The van der Waals surface area contributed by atoms with Gasteiger partial charge in [0.2, 0.25) is 5.91 Å². The van der Waals surface area contributed by atoms with Gasteiger partial charge in [0.1, 0.15) is 0 Å². The Bertz CT molecular complexity index is 186. The highest BCUT2D eigenvalue weighted by molar-refractivity contribution is 7.99. The van der Waals surface area contributed by atoms with Crippen LogP contribution in [0.25, 0.3) is 0 Å². The molecule has 0 saturated carbocycles. The second-order valence-corrected chi connectivity index (χ2v) is 5.11. The van der Waals surface area contributed by atoms with Crippen LogP contribution in [0.1, 0.15) is 19.8 Å². The van der Waals surface area contributed by atoms with Crippen molar-refractivity contribution in [2.45, 2.75) is 25.0 Å². The maximum Gasteiger partial charge on any atom is 0.224 e. The Morgan fingerprint density at radius 3 is 2.93 bits per heavy atom. The monoisotopic (exact) mass is 252 g/mol. The Hall–Kier alpha value is 0.0700. The summed E-state index contributed by atoms with van der Waals surface area (Å²) in [5.41, 5.74) is 0. The molecule has 1 saturated heterocycles. The molecule has 0 aromatic rings. The minimum atomic E-state index is 0. The number of hydrogen-bond donors (Lipinski definition) is 2. The molecule has 2 N–H and O–H groups in total. The number of carbonyl (C=O) groups excluding carboxylic acids is 1. The van der Waals surface area contributed by atoms with Crippen LogP contribution in [0.3, 0.4) is 0 Å². The van der Waals surface area contributed by atoms with Gasteiger partial charge in [0.15, 0.2) is 0 Å². The van der Waals surface area contributed by atoms with Crippen LogP contribution < -0.4 is 10.6 Å². The molecule has 15 heavy (non-hydrogen) atoms. The predicted octanol–water partition coefficient (Wildman–Crippen LogP) is 1.28. The van der Waals surface area contributed by atoms with Gasteiger partial charge in [-0.05, 0) is 25.6 Å². The van der Waals surface area contributed by atoms with Crippen molar-refractivity contribution in [1.29, 1.82) is 0 Å². The summed E-state index contributed by atoms with van der Waals surface area (Å²) in [5, 5.41) is 6.76. The molecule has 2 atom stereocenters. The van der Waals surface area contributed by atoms with E-state index in [1.165, 1.54) is 0 Å². The number of thioether (sulfide) groups is 1. The SMILES string of the molecule is CSC(C)CNC(=O)C1CCCNC1.Cl. The molecule has 0 spiro atoms. The lowest BCUT2D eigenvalue weighted by Crippen LogP contribution is -2.42. The number of halogens is 1. The molecule has 1 rings (SSSR count). The van der Waals surface area contributed by atoms with Crippen LogP contribution in [-0.4, -0.2) is 37.0 Å². The van der Waals surface area contributed by atoms with Gasteiger partial charge in [0.05, 0.1) is 5.92 Å². The van der Waals surface area contributed by atoms with Gasteiger partial charge >= 0.3 is 0 Å². The third kappa shape index (κ3) is 5.64.